The second-order valence-electron chi connectivity index (χ2n) is 9.26. The highest BCUT2D eigenvalue weighted by Crippen LogP contribution is 2.27. The summed E-state index contributed by atoms with van der Waals surface area (Å²) in [5.74, 6) is 0.0694. The number of morpholine rings is 1. The van der Waals surface area contributed by atoms with E-state index < -0.39 is 0 Å². The summed E-state index contributed by atoms with van der Waals surface area (Å²) >= 11 is 0. The molecule has 0 saturated carbocycles. The SMILES string of the molecule is CCN(CC)C(=O)c1ccc(-c2ccc(N)c(CC3=CC(N4C[C@@H](C)O[C@@H](C)C4)NN3)c2)cc1. The molecule has 2 aromatic carbocycles. The predicted molar refractivity (Wildman–Crippen MR) is 137 cm³/mol. The third-order valence-corrected chi connectivity index (χ3v) is 6.62. The second-order valence-corrected chi connectivity index (χ2v) is 9.26. The van der Waals surface area contributed by atoms with Crippen LogP contribution in [0, 0.1) is 0 Å². The molecule has 2 aliphatic rings. The van der Waals surface area contributed by atoms with Crippen LogP contribution in [0.15, 0.2) is 54.2 Å². The third kappa shape index (κ3) is 5.43. The number of hydrogen-bond acceptors (Lipinski definition) is 6. The number of amides is 1. The lowest BCUT2D eigenvalue weighted by Gasteiger charge is -2.37. The molecule has 1 fully saturated rings. The van der Waals surface area contributed by atoms with Gasteiger partial charge in [0.15, 0.2) is 0 Å². The van der Waals surface area contributed by atoms with E-state index in [0.29, 0.717) is 18.7 Å². The molecule has 0 radical (unpaired) electrons. The minimum Gasteiger partial charge on any atom is -0.398 e. The van der Waals surface area contributed by atoms with Crippen LogP contribution in [-0.2, 0) is 11.2 Å². The topological polar surface area (TPSA) is 82.9 Å². The highest BCUT2D eigenvalue weighted by molar-refractivity contribution is 5.94. The molecular weight excluding hydrogens is 426 g/mol. The van der Waals surface area contributed by atoms with Crippen LogP contribution in [0.25, 0.3) is 11.1 Å². The van der Waals surface area contributed by atoms with Gasteiger partial charge in [0.25, 0.3) is 5.91 Å². The number of nitrogens with zero attached hydrogens (tertiary/aromatic N) is 2. The standard InChI is InChI=1S/C27H37N5O2/c1-5-31(6-2)27(33)21-9-7-20(8-10-21)22-11-12-25(28)23(13-22)14-24-15-26(30-29-24)32-16-18(3)34-19(4)17-32/h7-13,15,18-19,26,29-30H,5-6,14,16-17,28H2,1-4H3/t18-,19+,26?. The molecule has 4 rings (SSSR count). The van der Waals surface area contributed by atoms with Crippen molar-refractivity contribution < 1.29 is 9.53 Å². The zero-order chi connectivity index (χ0) is 24.2. The van der Waals surface area contributed by atoms with E-state index in [4.69, 9.17) is 10.5 Å². The molecule has 2 aliphatic heterocycles. The summed E-state index contributed by atoms with van der Waals surface area (Å²) in [5.41, 5.74) is 18.9. The van der Waals surface area contributed by atoms with Crippen LogP contribution >= 0.6 is 0 Å². The summed E-state index contributed by atoms with van der Waals surface area (Å²) in [4.78, 5) is 16.8. The fourth-order valence-corrected chi connectivity index (χ4v) is 4.83. The van der Waals surface area contributed by atoms with Crippen molar-refractivity contribution >= 4 is 11.6 Å². The lowest BCUT2D eigenvalue weighted by molar-refractivity contribution is -0.0783. The van der Waals surface area contributed by atoms with E-state index in [2.05, 4.69) is 41.7 Å². The maximum atomic E-state index is 12.6. The van der Waals surface area contributed by atoms with Gasteiger partial charge in [0.2, 0.25) is 0 Å². The normalized spacial score (nSPS) is 22.8. The fraction of sp³-hybridized carbons (Fsp3) is 0.444. The molecule has 0 aliphatic carbocycles. The first-order valence-electron chi connectivity index (χ1n) is 12.3. The van der Waals surface area contributed by atoms with Gasteiger partial charge in [0, 0.05) is 49.5 Å². The Balaban J connectivity index is 1.47. The molecular formula is C27H37N5O2. The number of nitrogen functional groups attached to an aromatic ring is 1. The number of carbonyl (C=O) groups excluding carboxylic acids is 1. The minimum absolute atomic E-state index is 0.0694. The van der Waals surface area contributed by atoms with E-state index in [1.807, 2.05) is 55.1 Å². The van der Waals surface area contributed by atoms with Crippen molar-refractivity contribution in [2.75, 3.05) is 31.9 Å². The number of hydrogen-bond donors (Lipinski definition) is 3. The number of ether oxygens (including phenoxy) is 1. The molecule has 1 unspecified atom stereocenters. The number of anilines is 1. The number of allylic oxidation sites excluding steroid dienone is 1. The van der Waals surface area contributed by atoms with Gasteiger partial charge in [-0.15, -0.1) is 0 Å². The second kappa shape index (κ2) is 10.6. The molecule has 7 nitrogen and oxygen atoms in total. The first-order chi connectivity index (χ1) is 16.4. The summed E-state index contributed by atoms with van der Waals surface area (Å²) in [7, 11) is 0. The van der Waals surface area contributed by atoms with Crippen LogP contribution in [0.3, 0.4) is 0 Å². The van der Waals surface area contributed by atoms with Gasteiger partial charge in [0.1, 0.15) is 0 Å². The predicted octanol–water partition coefficient (Wildman–Crippen LogP) is 3.39. The summed E-state index contributed by atoms with van der Waals surface area (Å²) < 4.78 is 5.86. The van der Waals surface area contributed by atoms with Crippen molar-refractivity contribution in [1.29, 1.82) is 0 Å². The summed E-state index contributed by atoms with van der Waals surface area (Å²) in [5, 5.41) is 0. The minimum atomic E-state index is 0.0694. The molecule has 7 heteroatoms. The highest BCUT2D eigenvalue weighted by Gasteiger charge is 2.29. The van der Waals surface area contributed by atoms with Crippen molar-refractivity contribution in [3.63, 3.8) is 0 Å². The molecule has 2 aromatic rings. The molecule has 2 heterocycles. The van der Waals surface area contributed by atoms with Crippen molar-refractivity contribution in [3.8, 4) is 11.1 Å². The molecule has 0 spiro atoms. The molecule has 182 valence electrons. The Morgan fingerprint density at radius 3 is 2.35 bits per heavy atom. The van der Waals surface area contributed by atoms with E-state index in [0.717, 1.165) is 47.6 Å². The quantitative estimate of drug-likeness (QED) is 0.546. The Labute approximate surface area is 202 Å². The van der Waals surface area contributed by atoms with Crippen LogP contribution in [0.4, 0.5) is 5.69 Å². The van der Waals surface area contributed by atoms with Crippen LogP contribution in [0.1, 0.15) is 43.6 Å². The van der Waals surface area contributed by atoms with Gasteiger partial charge >= 0.3 is 0 Å². The average Bonchev–Trinajstić information content (AvgIpc) is 3.29. The zero-order valence-corrected chi connectivity index (χ0v) is 20.7. The molecule has 1 saturated heterocycles. The Kier molecular flexibility index (Phi) is 7.56. The molecule has 1 amide bonds. The van der Waals surface area contributed by atoms with Crippen molar-refractivity contribution in [1.82, 2.24) is 20.7 Å². The molecule has 3 atom stereocenters. The Hall–Kier alpha value is -2.87. The Bertz CT molecular complexity index is 1020. The molecule has 0 aromatic heterocycles. The van der Waals surface area contributed by atoms with Crippen molar-refractivity contribution in [3.05, 3.63) is 65.4 Å². The van der Waals surface area contributed by atoms with Gasteiger partial charge in [-0.05, 0) is 74.7 Å². The van der Waals surface area contributed by atoms with E-state index in [-0.39, 0.29) is 24.3 Å². The van der Waals surface area contributed by atoms with Gasteiger partial charge in [-0.1, -0.05) is 18.2 Å². The summed E-state index contributed by atoms with van der Waals surface area (Å²) in [6, 6.07) is 14.0. The van der Waals surface area contributed by atoms with Crippen LogP contribution in [0.2, 0.25) is 0 Å². The van der Waals surface area contributed by atoms with E-state index >= 15 is 0 Å². The first kappa shape index (κ1) is 24.3. The largest absolute Gasteiger partial charge is 0.398 e. The zero-order valence-electron chi connectivity index (χ0n) is 20.7. The van der Waals surface area contributed by atoms with Crippen molar-refractivity contribution in [2.24, 2.45) is 0 Å². The number of hydrazine groups is 1. The number of benzene rings is 2. The third-order valence-electron chi connectivity index (χ3n) is 6.62. The molecule has 34 heavy (non-hydrogen) atoms. The monoisotopic (exact) mass is 463 g/mol. The van der Waals surface area contributed by atoms with Crippen molar-refractivity contribution in [2.45, 2.75) is 52.5 Å². The Morgan fingerprint density at radius 1 is 1.06 bits per heavy atom. The molecule has 0 bridgehead atoms. The maximum absolute atomic E-state index is 12.6. The number of nitrogens with two attached hydrogens (primary N) is 1. The van der Waals surface area contributed by atoms with Gasteiger partial charge in [-0.2, -0.15) is 0 Å². The average molecular weight is 464 g/mol. The smallest absolute Gasteiger partial charge is 0.253 e. The summed E-state index contributed by atoms with van der Waals surface area (Å²) in [6.07, 6.45) is 3.55. The Morgan fingerprint density at radius 2 is 1.71 bits per heavy atom. The van der Waals surface area contributed by atoms with E-state index in [1.165, 1.54) is 0 Å². The van der Waals surface area contributed by atoms with Crippen LogP contribution < -0.4 is 16.6 Å². The lowest BCUT2D eigenvalue weighted by atomic mass is 9.98. The maximum Gasteiger partial charge on any atom is 0.253 e. The summed E-state index contributed by atoms with van der Waals surface area (Å²) in [6.45, 7) is 11.5. The molecule has 4 N–H and O–H groups in total. The van der Waals surface area contributed by atoms with Crippen LogP contribution in [0.5, 0.6) is 0 Å². The van der Waals surface area contributed by atoms with E-state index in [9.17, 15) is 4.79 Å². The van der Waals surface area contributed by atoms with Gasteiger partial charge in [-0.3, -0.25) is 9.69 Å². The lowest BCUT2D eigenvalue weighted by Crippen LogP contribution is -2.54. The fourth-order valence-electron chi connectivity index (χ4n) is 4.83. The van der Waals surface area contributed by atoms with E-state index in [1.54, 1.807) is 0 Å². The van der Waals surface area contributed by atoms with Gasteiger partial charge in [-0.25, -0.2) is 5.43 Å². The number of nitrogens with one attached hydrogen (secondary N) is 2. The first-order valence-corrected chi connectivity index (χ1v) is 12.3. The van der Waals surface area contributed by atoms with Crippen LogP contribution in [-0.4, -0.2) is 60.3 Å². The highest BCUT2D eigenvalue weighted by atomic mass is 16.5. The van der Waals surface area contributed by atoms with Gasteiger partial charge < -0.3 is 20.8 Å². The number of rotatable bonds is 7. The number of carbonyl (C=O) groups is 1. The van der Waals surface area contributed by atoms with Gasteiger partial charge in [0.05, 0.1) is 18.4 Å².